The Hall–Kier alpha value is 0.536. The molecule has 0 aliphatic heterocycles. The zero-order valence-corrected chi connectivity index (χ0v) is 4.57. The molecule has 0 fully saturated rings. The minimum absolute atomic E-state index is 0. The van der Waals surface area contributed by atoms with Gasteiger partial charge in [0.25, 0.3) is 0 Å². The van der Waals surface area contributed by atoms with Gasteiger partial charge in [0, 0.05) is 0 Å². The summed E-state index contributed by atoms with van der Waals surface area (Å²) in [5.74, 6) is -2.50. The van der Waals surface area contributed by atoms with Gasteiger partial charge in [-0.25, -0.2) is 0 Å². The van der Waals surface area contributed by atoms with Crippen LogP contribution in [-0.4, -0.2) is 79.6 Å². The van der Waals surface area contributed by atoms with Gasteiger partial charge in [0.1, 0.15) is 6.04 Å². The molecule has 0 saturated carbocycles. The second-order valence-electron chi connectivity index (χ2n) is 1.54. The van der Waals surface area contributed by atoms with Gasteiger partial charge >= 0.3 is 63.3 Å². The summed E-state index contributed by atoms with van der Waals surface area (Å²) in [6, 6.07) is -1.29. The zero-order valence-electron chi connectivity index (χ0n) is 4.57. The van der Waals surface area contributed by atoms with Crippen molar-refractivity contribution in [2.24, 2.45) is 5.73 Å². The quantitative estimate of drug-likeness (QED) is 0.438. The van der Waals surface area contributed by atoms with Crippen LogP contribution in [0.2, 0.25) is 0 Å². The fourth-order valence-corrected chi connectivity index (χ4v) is 0.275. The Labute approximate surface area is 100 Å². The second kappa shape index (κ2) is 6.26. The number of nitrogens with two attached hydrogens (primary N) is 1. The van der Waals surface area contributed by atoms with Crippen LogP contribution >= 0.6 is 0 Å². The summed E-state index contributed by atoms with van der Waals surface area (Å²) < 4.78 is 0. The van der Waals surface area contributed by atoms with Crippen molar-refractivity contribution in [2.45, 2.75) is 12.5 Å². The molecule has 1 unspecified atom stereocenters. The molecule has 0 aromatic heterocycles. The molecule has 5 nitrogen and oxygen atoms in total. The number of hydrogen-bond donors (Lipinski definition) is 3. The Bertz CT molecular complexity index is 137. The maximum atomic E-state index is 9.85. The molecular formula is C4H8KNO4. The molecule has 0 aromatic carbocycles. The normalized spacial score (nSPS) is 11.3. The van der Waals surface area contributed by atoms with Crippen molar-refractivity contribution in [2.75, 3.05) is 0 Å². The van der Waals surface area contributed by atoms with Crippen LogP contribution in [0.4, 0.5) is 0 Å². The third-order valence-electron chi connectivity index (χ3n) is 0.712. The van der Waals surface area contributed by atoms with Crippen molar-refractivity contribution in [1.82, 2.24) is 0 Å². The zero-order chi connectivity index (χ0) is 7.44. The van der Waals surface area contributed by atoms with E-state index in [-0.39, 0.29) is 51.4 Å². The van der Waals surface area contributed by atoms with Crippen LogP contribution in [-0.2, 0) is 9.59 Å². The van der Waals surface area contributed by atoms with Crippen molar-refractivity contribution in [3.05, 3.63) is 0 Å². The van der Waals surface area contributed by atoms with Crippen molar-refractivity contribution < 1.29 is 19.8 Å². The molecule has 0 saturated heterocycles. The molecule has 1 atom stereocenters. The molecule has 0 aliphatic rings. The van der Waals surface area contributed by atoms with Gasteiger partial charge in [-0.2, -0.15) is 0 Å². The van der Waals surface area contributed by atoms with Gasteiger partial charge < -0.3 is 15.9 Å². The number of hydrogen-bond acceptors (Lipinski definition) is 3. The summed E-state index contributed by atoms with van der Waals surface area (Å²) in [6.07, 6.45) is -0.532. The van der Waals surface area contributed by atoms with E-state index in [9.17, 15) is 9.59 Å². The summed E-state index contributed by atoms with van der Waals surface area (Å²) in [5.41, 5.74) is 4.84. The van der Waals surface area contributed by atoms with Gasteiger partial charge in [0.05, 0.1) is 6.42 Å². The molecule has 6 heteroatoms. The summed E-state index contributed by atoms with van der Waals surface area (Å²) >= 11 is 0. The molecule has 4 N–H and O–H groups in total. The predicted octanol–water partition coefficient (Wildman–Crippen LogP) is -1.78. The number of carboxylic acids is 2. The number of carbonyl (C=O) groups is 2. The molecule has 0 bridgehead atoms. The number of aliphatic carboxylic acids is 2. The molecule has 0 radical (unpaired) electrons. The molecular weight excluding hydrogens is 165 g/mol. The van der Waals surface area contributed by atoms with Gasteiger partial charge in [-0.3, -0.25) is 9.59 Å². The number of rotatable bonds is 3. The summed E-state index contributed by atoms with van der Waals surface area (Å²) in [5, 5.41) is 16.0. The van der Waals surface area contributed by atoms with Gasteiger partial charge in [-0.15, -0.1) is 0 Å². The van der Waals surface area contributed by atoms with E-state index in [0.717, 1.165) is 0 Å². The fourth-order valence-electron chi connectivity index (χ4n) is 0.275. The van der Waals surface area contributed by atoms with Crippen LogP contribution in [0.1, 0.15) is 6.42 Å². The summed E-state index contributed by atoms with van der Waals surface area (Å²) in [4.78, 5) is 19.6. The average Bonchev–Trinajstić information content (AvgIpc) is 1.63. The van der Waals surface area contributed by atoms with Gasteiger partial charge in [0.15, 0.2) is 0 Å². The van der Waals surface area contributed by atoms with E-state index in [1.807, 2.05) is 0 Å². The SMILES string of the molecule is NC(CC(=O)O)C(=O)O.[KH]. The van der Waals surface area contributed by atoms with E-state index in [4.69, 9.17) is 15.9 Å². The maximum absolute atomic E-state index is 9.85. The standard InChI is InChI=1S/C4H7NO4.K.H/c5-2(4(8)9)1-3(6)7;;/h2H,1,5H2,(H,6,7)(H,8,9);;. The first-order valence-electron chi connectivity index (χ1n) is 2.24. The Morgan fingerprint density at radius 3 is 1.90 bits per heavy atom. The van der Waals surface area contributed by atoms with E-state index in [0.29, 0.717) is 0 Å². The van der Waals surface area contributed by atoms with Gasteiger partial charge in [-0.1, -0.05) is 0 Å². The van der Waals surface area contributed by atoms with E-state index in [1.165, 1.54) is 0 Å². The Morgan fingerprint density at radius 1 is 1.40 bits per heavy atom. The first-order chi connectivity index (χ1) is 4.04. The molecule has 10 heavy (non-hydrogen) atoms. The van der Waals surface area contributed by atoms with Crippen LogP contribution in [0.3, 0.4) is 0 Å². The van der Waals surface area contributed by atoms with Crippen LogP contribution in [0, 0.1) is 0 Å². The van der Waals surface area contributed by atoms with Crippen molar-refractivity contribution >= 4 is 63.3 Å². The van der Waals surface area contributed by atoms with Crippen molar-refractivity contribution in [3.8, 4) is 0 Å². The molecule has 0 heterocycles. The molecule has 54 valence electrons. The number of carboxylic acid groups (broad SMARTS) is 2. The molecule has 0 aliphatic carbocycles. The first-order valence-corrected chi connectivity index (χ1v) is 2.24. The molecule has 0 rings (SSSR count). The van der Waals surface area contributed by atoms with Crippen LogP contribution in [0.25, 0.3) is 0 Å². The van der Waals surface area contributed by atoms with E-state index < -0.39 is 24.4 Å². The third kappa shape index (κ3) is 6.65. The Kier molecular flexibility index (Phi) is 8.23. The molecule has 0 spiro atoms. The molecule has 0 amide bonds. The van der Waals surface area contributed by atoms with Gasteiger partial charge in [-0.05, 0) is 0 Å². The summed E-state index contributed by atoms with van der Waals surface area (Å²) in [7, 11) is 0. The Morgan fingerprint density at radius 2 is 1.80 bits per heavy atom. The van der Waals surface area contributed by atoms with E-state index in [1.54, 1.807) is 0 Å². The fraction of sp³-hybridized carbons (Fsp3) is 0.500. The third-order valence-corrected chi connectivity index (χ3v) is 0.712. The molecule has 0 aromatic rings. The minimum atomic E-state index is -1.29. The topological polar surface area (TPSA) is 101 Å². The van der Waals surface area contributed by atoms with Crippen LogP contribution in [0.5, 0.6) is 0 Å². The second-order valence-corrected chi connectivity index (χ2v) is 1.54. The van der Waals surface area contributed by atoms with Crippen LogP contribution in [0.15, 0.2) is 0 Å². The van der Waals surface area contributed by atoms with Crippen molar-refractivity contribution in [1.29, 1.82) is 0 Å². The monoisotopic (exact) mass is 173 g/mol. The predicted molar refractivity (Wildman–Crippen MR) is 35.0 cm³/mol. The Balaban J connectivity index is 0. The van der Waals surface area contributed by atoms with E-state index >= 15 is 0 Å². The van der Waals surface area contributed by atoms with Gasteiger partial charge in [0.2, 0.25) is 0 Å². The van der Waals surface area contributed by atoms with Crippen LogP contribution < -0.4 is 5.73 Å². The average molecular weight is 173 g/mol. The summed E-state index contributed by atoms with van der Waals surface area (Å²) in [6.45, 7) is 0. The van der Waals surface area contributed by atoms with Crippen molar-refractivity contribution in [3.63, 3.8) is 0 Å². The van der Waals surface area contributed by atoms with E-state index in [2.05, 4.69) is 0 Å². The first kappa shape index (κ1) is 13.1.